The molecule has 0 saturated heterocycles. The Hall–Kier alpha value is -2.03. The van der Waals surface area contributed by atoms with E-state index in [1.165, 1.54) is 0 Å². The van der Waals surface area contributed by atoms with Gasteiger partial charge >= 0.3 is 5.97 Å². The monoisotopic (exact) mass is 335 g/mol. The highest BCUT2D eigenvalue weighted by molar-refractivity contribution is 7.92. The van der Waals surface area contributed by atoms with Gasteiger partial charge in [-0.15, -0.1) is 0 Å². The zero-order valence-corrected chi connectivity index (χ0v) is 13.5. The first kappa shape index (κ1) is 14.9. The van der Waals surface area contributed by atoms with Crippen LogP contribution in [0.1, 0.15) is 15.4 Å². The maximum atomic E-state index is 11.1. The third kappa shape index (κ3) is 2.68. The maximum Gasteiger partial charge on any atom is 0.347 e. The minimum Gasteiger partial charge on any atom is -0.593 e. The van der Waals surface area contributed by atoms with E-state index in [0.29, 0.717) is 15.5 Å². The number of fused-ring (bicyclic) bond motifs is 1. The second kappa shape index (κ2) is 5.64. The number of thiazole rings is 1. The van der Waals surface area contributed by atoms with E-state index in [1.54, 1.807) is 17.6 Å². The van der Waals surface area contributed by atoms with E-state index in [2.05, 4.69) is 9.71 Å². The van der Waals surface area contributed by atoms with Crippen LogP contribution in [-0.4, -0.2) is 31.3 Å². The van der Waals surface area contributed by atoms with Crippen LogP contribution < -0.4 is 4.72 Å². The van der Waals surface area contributed by atoms with Gasteiger partial charge < -0.3 is 9.66 Å². The van der Waals surface area contributed by atoms with Gasteiger partial charge in [-0.05, 0) is 19.1 Å². The first-order valence-electron chi connectivity index (χ1n) is 6.38. The first-order chi connectivity index (χ1) is 10.5. The summed E-state index contributed by atoms with van der Waals surface area (Å²) in [4.78, 5) is 16.5. The number of carboxylic acid groups (broad SMARTS) is 1. The number of aromatic nitrogens is 2. The molecule has 1 atom stereocenters. The number of rotatable bonds is 4. The molecule has 8 heteroatoms. The van der Waals surface area contributed by atoms with Crippen molar-refractivity contribution < 1.29 is 14.5 Å². The molecule has 2 N–H and O–H groups in total. The molecule has 3 aromatic rings. The van der Waals surface area contributed by atoms with Gasteiger partial charge in [0.05, 0.1) is 22.7 Å². The van der Waals surface area contributed by atoms with Crippen molar-refractivity contribution in [2.75, 3.05) is 11.0 Å². The predicted octanol–water partition coefficient (Wildman–Crippen LogP) is 2.77. The van der Waals surface area contributed by atoms with Crippen LogP contribution in [-0.2, 0) is 11.4 Å². The van der Waals surface area contributed by atoms with Crippen molar-refractivity contribution in [1.82, 2.24) is 9.38 Å². The summed E-state index contributed by atoms with van der Waals surface area (Å²) < 4.78 is 15.7. The third-order valence-electron chi connectivity index (χ3n) is 3.19. The molecule has 1 unspecified atom stereocenters. The quantitative estimate of drug-likeness (QED) is 0.716. The van der Waals surface area contributed by atoms with Crippen molar-refractivity contribution in [3.05, 3.63) is 41.0 Å². The second-order valence-electron chi connectivity index (χ2n) is 4.73. The van der Waals surface area contributed by atoms with E-state index in [9.17, 15) is 9.35 Å². The third-order valence-corrected chi connectivity index (χ3v) is 4.86. The molecule has 6 nitrogen and oxygen atoms in total. The number of carbonyl (C=O) groups is 1. The fourth-order valence-corrected chi connectivity index (χ4v) is 3.58. The normalized spacial score (nSPS) is 12.5. The van der Waals surface area contributed by atoms with Gasteiger partial charge in [0.25, 0.3) is 0 Å². The van der Waals surface area contributed by atoms with Gasteiger partial charge in [-0.3, -0.25) is 4.40 Å². The maximum absolute atomic E-state index is 11.1. The van der Waals surface area contributed by atoms with Crippen LogP contribution in [0.2, 0.25) is 0 Å². The molecule has 0 saturated carbocycles. The molecule has 2 heterocycles. The van der Waals surface area contributed by atoms with Gasteiger partial charge in [0.1, 0.15) is 11.1 Å². The number of aromatic carboxylic acids is 1. The van der Waals surface area contributed by atoms with Crippen molar-refractivity contribution in [1.29, 1.82) is 0 Å². The SMILES string of the molecule is Cc1c(C(=O)O)sc2nc(-c3ccc(N[S+](C)[O-])cc3)cn12. The van der Waals surface area contributed by atoms with Crippen LogP contribution >= 0.6 is 11.3 Å². The molecule has 0 bridgehead atoms. The minimum absolute atomic E-state index is 0.305. The predicted molar refractivity (Wildman–Crippen MR) is 87.9 cm³/mol. The average molecular weight is 335 g/mol. The number of aryl methyl sites for hydroxylation is 1. The van der Waals surface area contributed by atoms with Crippen molar-refractivity contribution >= 4 is 39.3 Å². The van der Waals surface area contributed by atoms with Gasteiger partial charge in [-0.2, -0.15) is 0 Å². The molecule has 1 aromatic carbocycles. The Labute approximate surface area is 133 Å². The van der Waals surface area contributed by atoms with Gasteiger partial charge in [0.15, 0.2) is 4.96 Å². The summed E-state index contributed by atoms with van der Waals surface area (Å²) in [5.41, 5.74) is 3.14. The Morgan fingerprint density at radius 3 is 2.64 bits per heavy atom. The van der Waals surface area contributed by atoms with Crippen molar-refractivity contribution in [2.24, 2.45) is 0 Å². The largest absolute Gasteiger partial charge is 0.593 e. The molecule has 2 aromatic heterocycles. The summed E-state index contributed by atoms with van der Waals surface area (Å²) in [5, 5.41) is 9.11. The van der Waals surface area contributed by atoms with Gasteiger partial charge in [0, 0.05) is 17.5 Å². The van der Waals surface area contributed by atoms with Gasteiger partial charge in [-0.1, -0.05) is 23.5 Å². The zero-order chi connectivity index (χ0) is 15.9. The lowest BCUT2D eigenvalue weighted by molar-refractivity contribution is 0.0701. The number of benzene rings is 1. The number of carboxylic acids is 1. The minimum atomic E-state index is -1.11. The molecule has 3 rings (SSSR count). The smallest absolute Gasteiger partial charge is 0.347 e. The zero-order valence-electron chi connectivity index (χ0n) is 11.9. The average Bonchev–Trinajstić information content (AvgIpc) is 2.99. The summed E-state index contributed by atoms with van der Waals surface area (Å²) in [7, 11) is 0. The summed E-state index contributed by atoms with van der Waals surface area (Å²) in [6.07, 6.45) is 3.40. The highest BCUT2D eigenvalue weighted by atomic mass is 32.2. The van der Waals surface area contributed by atoms with Crippen LogP contribution in [0.15, 0.2) is 30.5 Å². The Morgan fingerprint density at radius 1 is 1.41 bits per heavy atom. The fourth-order valence-electron chi connectivity index (χ4n) is 2.16. The van der Waals surface area contributed by atoms with E-state index >= 15 is 0 Å². The number of nitrogens with zero attached hydrogens (tertiary/aromatic N) is 2. The molecular weight excluding hydrogens is 322 g/mol. The van der Waals surface area contributed by atoms with E-state index in [1.807, 2.05) is 30.5 Å². The highest BCUT2D eigenvalue weighted by Gasteiger charge is 2.17. The van der Waals surface area contributed by atoms with Gasteiger partial charge in [-0.25, -0.2) is 14.5 Å². The molecule has 0 fully saturated rings. The van der Waals surface area contributed by atoms with Crippen LogP contribution in [0.25, 0.3) is 16.2 Å². The highest BCUT2D eigenvalue weighted by Crippen LogP contribution is 2.27. The Kier molecular flexibility index (Phi) is 3.81. The number of hydrogen-bond acceptors (Lipinski definition) is 5. The molecule has 22 heavy (non-hydrogen) atoms. The molecule has 0 spiro atoms. The number of anilines is 1. The standard InChI is InChI=1S/C14H13N3O3S2/c1-8-12(13(18)19)21-14-15-11(7-17(8)14)9-3-5-10(6-4-9)16-22(2)20/h3-7,16H,1-2H3,(H,18,19). The van der Waals surface area contributed by atoms with E-state index in [4.69, 9.17) is 5.11 Å². The number of imidazole rings is 1. The van der Waals surface area contributed by atoms with Crippen LogP contribution in [0.5, 0.6) is 0 Å². The summed E-state index contributed by atoms with van der Waals surface area (Å²) in [6.45, 7) is 1.77. The second-order valence-corrected chi connectivity index (χ2v) is 6.82. The van der Waals surface area contributed by atoms with Crippen molar-refractivity contribution in [3.63, 3.8) is 0 Å². The van der Waals surface area contributed by atoms with Gasteiger partial charge in [0.2, 0.25) is 0 Å². The van der Waals surface area contributed by atoms with Crippen LogP contribution in [0.3, 0.4) is 0 Å². The number of nitrogens with one attached hydrogen (secondary N) is 1. The lowest BCUT2D eigenvalue weighted by Crippen LogP contribution is -2.09. The summed E-state index contributed by atoms with van der Waals surface area (Å²) >= 11 is 0.0512. The molecule has 0 amide bonds. The fraction of sp³-hybridized carbons (Fsp3) is 0.143. The van der Waals surface area contributed by atoms with E-state index in [0.717, 1.165) is 28.3 Å². The lowest BCUT2D eigenvalue weighted by Gasteiger charge is -2.07. The summed E-state index contributed by atoms with van der Waals surface area (Å²) in [5.74, 6) is -0.933. The van der Waals surface area contributed by atoms with Crippen molar-refractivity contribution in [3.8, 4) is 11.3 Å². The van der Waals surface area contributed by atoms with Crippen molar-refractivity contribution in [2.45, 2.75) is 6.92 Å². The molecular formula is C14H13N3O3S2. The summed E-state index contributed by atoms with van der Waals surface area (Å²) in [6, 6.07) is 7.43. The molecule has 0 radical (unpaired) electrons. The molecule has 0 aliphatic carbocycles. The lowest BCUT2D eigenvalue weighted by atomic mass is 10.1. The molecule has 0 aliphatic heterocycles. The molecule has 114 valence electrons. The van der Waals surface area contributed by atoms with Crippen LogP contribution in [0.4, 0.5) is 5.69 Å². The number of hydrogen-bond donors (Lipinski definition) is 2. The Balaban J connectivity index is 1.95. The van der Waals surface area contributed by atoms with Crippen LogP contribution in [0, 0.1) is 6.92 Å². The Bertz CT molecular complexity index is 837. The topological polar surface area (TPSA) is 89.7 Å². The Morgan fingerprint density at radius 2 is 2.09 bits per heavy atom. The van der Waals surface area contributed by atoms with E-state index < -0.39 is 17.3 Å². The first-order valence-corrected chi connectivity index (χ1v) is 8.75. The van der Waals surface area contributed by atoms with E-state index in [-0.39, 0.29) is 0 Å². The molecule has 0 aliphatic rings.